The molecule has 6 nitrogen and oxygen atoms in total. The number of nitrogens with zero attached hydrogens (tertiary/aromatic N) is 3. The summed E-state index contributed by atoms with van der Waals surface area (Å²) < 4.78 is 5.48. The van der Waals surface area contributed by atoms with Gasteiger partial charge in [-0.15, -0.1) is 0 Å². The molecule has 0 bridgehead atoms. The van der Waals surface area contributed by atoms with Gasteiger partial charge in [-0.1, -0.05) is 13.8 Å². The number of hydrogen-bond donors (Lipinski definition) is 1. The number of carboxylic acid groups (broad SMARTS) is 1. The average molecular weight is 279 g/mol. The zero-order valence-electron chi connectivity index (χ0n) is 12.0. The summed E-state index contributed by atoms with van der Waals surface area (Å²) in [5.74, 6) is 0.532. The molecule has 1 aromatic rings. The average Bonchev–Trinajstić information content (AvgIpc) is 2.45. The fraction of sp³-hybridized carbons (Fsp3) is 0.643. The van der Waals surface area contributed by atoms with Gasteiger partial charge in [0.15, 0.2) is 0 Å². The Bertz CT molecular complexity index is 467. The number of carbonyl (C=O) groups is 1. The van der Waals surface area contributed by atoms with Gasteiger partial charge in [0.1, 0.15) is 6.04 Å². The van der Waals surface area contributed by atoms with E-state index in [2.05, 4.69) is 16.9 Å². The molecule has 1 fully saturated rings. The quantitative estimate of drug-likeness (QED) is 0.888. The van der Waals surface area contributed by atoms with Crippen LogP contribution in [0.25, 0.3) is 0 Å². The molecule has 1 N–H and O–H groups in total. The van der Waals surface area contributed by atoms with Crippen molar-refractivity contribution in [3.05, 3.63) is 12.3 Å². The van der Waals surface area contributed by atoms with E-state index in [1.165, 1.54) is 0 Å². The van der Waals surface area contributed by atoms with E-state index in [1.807, 2.05) is 6.92 Å². The Morgan fingerprint density at radius 1 is 1.60 bits per heavy atom. The summed E-state index contributed by atoms with van der Waals surface area (Å²) >= 11 is 0. The van der Waals surface area contributed by atoms with Crippen molar-refractivity contribution in [2.45, 2.75) is 39.2 Å². The van der Waals surface area contributed by atoms with E-state index in [9.17, 15) is 9.90 Å². The summed E-state index contributed by atoms with van der Waals surface area (Å²) in [5.41, 5.74) is 0. The number of aliphatic carboxylic acids is 1. The Morgan fingerprint density at radius 2 is 2.40 bits per heavy atom. The number of ether oxygens (including phenoxy) is 1. The highest BCUT2D eigenvalue weighted by atomic mass is 16.5. The molecule has 1 saturated heterocycles. The molecule has 1 aliphatic rings. The number of rotatable bonds is 5. The summed E-state index contributed by atoms with van der Waals surface area (Å²) in [6.07, 6.45) is 4.09. The number of aromatic nitrogens is 2. The molecule has 2 rings (SSSR count). The summed E-state index contributed by atoms with van der Waals surface area (Å²) in [4.78, 5) is 21.7. The molecule has 2 heterocycles. The van der Waals surface area contributed by atoms with E-state index < -0.39 is 12.0 Å². The Labute approximate surface area is 118 Å². The number of anilines is 1. The molecule has 0 aromatic carbocycles. The number of piperidine rings is 1. The van der Waals surface area contributed by atoms with E-state index in [0.29, 0.717) is 37.3 Å². The van der Waals surface area contributed by atoms with Crippen molar-refractivity contribution in [2.75, 3.05) is 18.1 Å². The van der Waals surface area contributed by atoms with Crippen LogP contribution in [0.3, 0.4) is 0 Å². The Hall–Kier alpha value is -1.85. The van der Waals surface area contributed by atoms with Gasteiger partial charge < -0.3 is 14.7 Å². The first-order valence-corrected chi connectivity index (χ1v) is 7.07. The van der Waals surface area contributed by atoms with Gasteiger partial charge in [0.2, 0.25) is 11.8 Å². The Morgan fingerprint density at radius 3 is 3.10 bits per heavy atom. The maximum atomic E-state index is 11.4. The third-order valence-electron chi connectivity index (χ3n) is 3.48. The van der Waals surface area contributed by atoms with E-state index in [4.69, 9.17) is 4.74 Å². The Balaban J connectivity index is 2.18. The molecule has 20 heavy (non-hydrogen) atoms. The van der Waals surface area contributed by atoms with Gasteiger partial charge in [-0.2, -0.15) is 4.98 Å². The van der Waals surface area contributed by atoms with Gasteiger partial charge >= 0.3 is 5.97 Å². The van der Waals surface area contributed by atoms with E-state index in [0.717, 1.165) is 12.8 Å². The standard InChI is InChI=1S/C14H21N3O3/c1-3-8-20-12-4-6-15-14(16-12)17-7-5-10(2)9-11(17)13(18)19/h4,6,10-11H,3,5,7-9H2,1-2H3,(H,18,19). The van der Waals surface area contributed by atoms with Crippen molar-refractivity contribution in [3.63, 3.8) is 0 Å². The molecule has 1 aromatic heterocycles. The maximum Gasteiger partial charge on any atom is 0.326 e. The molecular formula is C14H21N3O3. The van der Waals surface area contributed by atoms with Gasteiger partial charge in [0, 0.05) is 18.8 Å². The SMILES string of the molecule is CCCOc1ccnc(N2CCC(C)CC2C(=O)O)n1. The van der Waals surface area contributed by atoms with Crippen LogP contribution in [0, 0.1) is 5.92 Å². The molecule has 2 unspecified atom stereocenters. The van der Waals surface area contributed by atoms with Crippen molar-refractivity contribution >= 4 is 11.9 Å². The van der Waals surface area contributed by atoms with Crippen molar-refractivity contribution < 1.29 is 14.6 Å². The summed E-state index contributed by atoms with van der Waals surface area (Å²) in [5, 5.41) is 9.37. The van der Waals surface area contributed by atoms with Crippen LogP contribution in [0.15, 0.2) is 12.3 Å². The predicted molar refractivity (Wildman–Crippen MR) is 75.0 cm³/mol. The highest BCUT2D eigenvalue weighted by molar-refractivity contribution is 5.77. The second-order valence-electron chi connectivity index (χ2n) is 5.22. The van der Waals surface area contributed by atoms with E-state index >= 15 is 0 Å². The molecule has 0 amide bonds. The molecule has 0 spiro atoms. The summed E-state index contributed by atoms with van der Waals surface area (Å²) in [6.45, 7) is 5.36. The molecule has 110 valence electrons. The first-order chi connectivity index (χ1) is 9.61. The van der Waals surface area contributed by atoms with Crippen LogP contribution in [0.5, 0.6) is 5.88 Å². The second kappa shape index (κ2) is 6.54. The molecule has 1 aliphatic heterocycles. The summed E-state index contributed by atoms with van der Waals surface area (Å²) in [6, 6.07) is 1.14. The van der Waals surface area contributed by atoms with Crippen LogP contribution in [0.2, 0.25) is 0 Å². The van der Waals surface area contributed by atoms with Crippen LogP contribution in [-0.4, -0.2) is 40.2 Å². The highest BCUT2D eigenvalue weighted by Crippen LogP contribution is 2.26. The highest BCUT2D eigenvalue weighted by Gasteiger charge is 2.33. The van der Waals surface area contributed by atoms with Gasteiger partial charge in [0.05, 0.1) is 6.61 Å². The largest absolute Gasteiger partial charge is 0.480 e. The topological polar surface area (TPSA) is 75.5 Å². The third kappa shape index (κ3) is 3.37. The van der Waals surface area contributed by atoms with Crippen molar-refractivity contribution in [3.8, 4) is 5.88 Å². The predicted octanol–water partition coefficient (Wildman–Crippen LogP) is 1.95. The van der Waals surface area contributed by atoms with Crippen molar-refractivity contribution in [1.29, 1.82) is 0 Å². The normalized spacial score (nSPS) is 22.6. The van der Waals surface area contributed by atoms with Crippen molar-refractivity contribution in [1.82, 2.24) is 9.97 Å². The first kappa shape index (κ1) is 14.6. The maximum absolute atomic E-state index is 11.4. The number of carboxylic acids is 1. The Kier molecular flexibility index (Phi) is 4.76. The van der Waals surface area contributed by atoms with E-state index in [-0.39, 0.29) is 0 Å². The molecular weight excluding hydrogens is 258 g/mol. The number of hydrogen-bond acceptors (Lipinski definition) is 5. The van der Waals surface area contributed by atoms with Gasteiger partial charge in [-0.25, -0.2) is 9.78 Å². The van der Waals surface area contributed by atoms with Gasteiger partial charge in [0.25, 0.3) is 0 Å². The monoisotopic (exact) mass is 279 g/mol. The molecule has 2 atom stereocenters. The summed E-state index contributed by atoms with van der Waals surface area (Å²) in [7, 11) is 0. The fourth-order valence-electron chi connectivity index (χ4n) is 2.37. The van der Waals surface area contributed by atoms with Crippen LogP contribution in [0.4, 0.5) is 5.95 Å². The van der Waals surface area contributed by atoms with Crippen LogP contribution < -0.4 is 9.64 Å². The fourth-order valence-corrected chi connectivity index (χ4v) is 2.37. The van der Waals surface area contributed by atoms with Crippen LogP contribution in [-0.2, 0) is 4.79 Å². The lowest BCUT2D eigenvalue weighted by atomic mass is 9.93. The minimum Gasteiger partial charge on any atom is -0.480 e. The first-order valence-electron chi connectivity index (χ1n) is 7.07. The zero-order chi connectivity index (χ0) is 14.5. The van der Waals surface area contributed by atoms with Crippen LogP contribution >= 0.6 is 0 Å². The second-order valence-corrected chi connectivity index (χ2v) is 5.22. The minimum absolute atomic E-state index is 0.409. The minimum atomic E-state index is -0.819. The molecule has 0 saturated carbocycles. The zero-order valence-corrected chi connectivity index (χ0v) is 12.0. The van der Waals surface area contributed by atoms with E-state index in [1.54, 1.807) is 17.2 Å². The van der Waals surface area contributed by atoms with Crippen LogP contribution in [0.1, 0.15) is 33.1 Å². The smallest absolute Gasteiger partial charge is 0.326 e. The lowest BCUT2D eigenvalue weighted by Crippen LogP contribution is -2.47. The molecule has 0 radical (unpaired) electrons. The third-order valence-corrected chi connectivity index (χ3v) is 3.48. The lowest BCUT2D eigenvalue weighted by molar-refractivity contribution is -0.139. The van der Waals surface area contributed by atoms with Gasteiger partial charge in [-0.3, -0.25) is 0 Å². The molecule has 6 heteroatoms. The lowest BCUT2D eigenvalue weighted by Gasteiger charge is -2.35. The molecule has 0 aliphatic carbocycles. The van der Waals surface area contributed by atoms with Crippen molar-refractivity contribution in [2.24, 2.45) is 5.92 Å². The van der Waals surface area contributed by atoms with Gasteiger partial charge in [-0.05, 0) is 25.2 Å².